The standard InChI is InChI=1S/C9H12N2O2/c1-7-8(10-5-12)3-2-4-9(7)11-6-13/h7-9H,2-4H2,1H3. The molecule has 2 unspecified atom stereocenters. The molecule has 70 valence electrons. The SMILES string of the molecule is CC1C(N=C=O)CCCC1N=C=O. The van der Waals surface area contributed by atoms with Crippen molar-refractivity contribution < 1.29 is 9.59 Å². The highest BCUT2D eigenvalue weighted by molar-refractivity contribution is 5.35. The van der Waals surface area contributed by atoms with E-state index in [1.807, 2.05) is 6.92 Å². The van der Waals surface area contributed by atoms with Crippen LogP contribution in [0.25, 0.3) is 0 Å². The molecule has 2 atom stereocenters. The van der Waals surface area contributed by atoms with E-state index in [4.69, 9.17) is 0 Å². The molecule has 0 spiro atoms. The number of aliphatic imine (C=N–C) groups is 2. The Kier molecular flexibility index (Phi) is 3.56. The molecule has 4 nitrogen and oxygen atoms in total. The van der Waals surface area contributed by atoms with Crippen LogP contribution in [0.1, 0.15) is 26.2 Å². The van der Waals surface area contributed by atoms with Crippen molar-refractivity contribution in [3.8, 4) is 0 Å². The topological polar surface area (TPSA) is 58.9 Å². The summed E-state index contributed by atoms with van der Waals surface area (Å²) in [6.45, 7) is 1.95. The van der Waals surface area contributed by atoms with E-state index in [1.165, 1.54) is 0 Å². The highest BCUT2D eigenvalue weighted by atomic mass is 16.1. The van der Waals surface area contributed by atoms with Gasteiger partial charge < -0.3 is 0 Å². The Morgan fingerprint density at radius 3 is 1.92 bits per heavy atom. The van der Waals surface area contributed by atoms with Crippen LogP contribution in [-0.2, 0) is 9.59 Å². The Bertz CT molecular complexity index is 239. The van der Waals surface area contributed by atoms with Crippen molar-refractivity contribution in [3.63, 3.8) is 0 Å². The van der Waals surface area contributed by atoms with Gasteiger partial charge in [-0.25, -0.2) is 19.6 Å². The minimum absolute atomic E-state index is 0.0200. The van der Waals surface area contributed by atoms with Gasteiger partial charge >= 0.3 is 0 Å². The van der Waals surface area contributed by atoms with Gasteiger partial charge in [0.05, 0.1) is 12.1 Å². The summed E-state index contributed by atoms with van der Waals surface area (Å²) >= 11 is 0. The fourth-order valence-corrected chi connectivity index (χ4v) is 1.82. The van der Waals surface area contributed by atoms with Crippen LogP contribution in [0.4, 0.5) is 0 Å². The van der Waals surface area contributed by atoms with E-state index in [-0.39, 0.29) is 18.0 Å². The number of hydrogen-bond acceptors (Lipinski definition) is 4. The van der Waals surface area contributed by atoms with Crippen LogP contribution >= 0.6 is 0 Å². The van der Waals surface area contributed by atoms with Crippen LogP contribution in [0.3, 0.4) is 0 Å². The van der Waals surface area contributed by atoms with Crippen LogP contribution in [-0.4, -0.2) is 24.2 Å². The summed E-state index contributed by atoms with van der Waals surface area (Å²) in [7, 11) is 0. The lowest BCUT2D eigenvalue weighted by molar-refractivity contribution is 0.289. The van der Waals surface area contributed by atoms with Crippen LogP contribution < -0.4 is 0 Å². The van der Waals surface area contributed by atoms with Crippen molar-refractivity contribution in [2.45, 2.75) is 38.3 Å². The summed E-state index contributed by atoms with van der Waals surface area (Å²) in [4.78, 5) is 27.6. The maximum absolute atomic E-state index is 10.1. The zero-order valence-corrected chi connectivity index (χ0v) is 7.56. The molecule has 1 aliphatic rings. The molecule has 0 radical (unpaired) electrons. The monoisotopic (exact) mass is 180 g/mol. The molecular weight excluding hydrogens is 168 g/mol. The maximum Gasteiger partial charge on any atom is 0.235 e. The molecule has 0 aliphatic heterocycles. The molecule has 4 heteroatoms. The molecule has 0 bridgehead atoms. The Hall–Kier alpha value is -1.24. The first kappa shape index (κ1) is 9.85. The molecule has 0 aromatic carbocycles. The second kappa shape index (κ2) is 4.70. The molecule has 0 heterocycles. The molecule has 0 aromatic rings. The highest BCUT2D eigenvalue weighted by Gasteiger charge is 2.29. The smallest absolute Gasteiger partial charge is 0.211 e. The van der Waals surface area contributed by atoms with E-state index in [9.17, 15) is 9.59 Å². The summed E-state index contributed by atoms with van der Waals surface area (Å²) in [5.74, 6) is 0.150. The predicted molar refractivity (Wildman–Crippen MR) is 46.8 cm³/mol. The molecule has 0 saturated heterocycles. The fraction of sp³-hybridized carbons (Fsp3) is 0.778. The van der Waals surface area contributed by atoms with Gasteiger partial charge in [-0.3, -0.25) is 0 Å². The van der Waals surface area contributed by atoms with Crippen molar-refractivity contribution in [1.29, 1.82) is 0 Å². The van der Waals surface area contributed by atoms with Crippen molar-refractivity contribution >= 4 is 12.2 Å². The second-order valence-corrected chi connectivity index (χ2v) is 3.37. The number of nitrogens with zero attached hydrogens (tertiary/aromatic N) is 2. The molecule has 0 aromatic heterocycles. The first-order valence-corrected chi connectivity index (χ1v) is 4.43. The Balaban J connectivity index is 2.70. The van der Waals surface area contributed by atoms with Crippen molar-refractivity contribution in [1.82, 2.24) is 0 Å². The maximum atomic E-state index is 10.1. The minimum Gasteiger partial charge on any atom is -0.211 e. The van der Waals surface area contributed by atoms with Gasteiger partial charge in [-0.1, -0.05) is 6.92 Å². The minimum atomic E-state index is -0.0200. The summed E-state index contributed by atoms with van der Waals surface area (Å²) in [6, 6.07) is -0.0401. The first-order chi connectivity index (χ1) is 6.29. The Morgan fingerprint density at radius 2 is 1.54 bits per heavy atom. The molecule has 0 amide bonds. The highest BCUT2D eigenvalue weighted by Crippen LogP contribution is 2.28. The zero-order chi connectivity index (χ0) is 9.68. The number of isocyanates is 2. The fourth-order valence-electron chi connectivity index (χ4n) is 1.82. The largest absolute Gasteiger partial charge is 0.235 e. The molecule has 1 fully saturated rings. The average Bonchev–Trinajstić information content (AvgIpc) is 2.13. The van der Waals surface area contributed by atoms with E-state index in [0.29, 0.717) is 0 Å². The van der Waals surface area contributed by atoms with Gasteiger partial charge in [0, 0.05) is 5.92 Å². The van der Waals surface area contributed by atoms with Gasteiger partial charge in [-0.15, -0.1) is 0 Å². The van der Waals surface area contributed by atoms with E-state index in [2.05, 4.69) is 9.98 Å². The lowest BCUT2D eigenvalue weighted by atomic mass is 9.82. The molecular formula is C9H12N2O2. The van der Waals surface area contributed by atoms with Crippen LogP contribution in [0.2, 0.25) is 0 Å². The first-order valence-electron chi connectivity index (χ1n) is 4.43. The van der Waals surface area contributed by atoms with Gasteiger partial charge in [0.15, 0.2) is 0 Å². The zero-order valence-electron chi connectivity index (χ0n) is 7.56. The van der Waals surface area contributed by atoms with Crippen molar-refractivity contribution in [2.75, 3.05) is 0 Å². The van der Waals surface area contributed by atoms with E-state index >= 15 is 0 Å². The van der Waals surface area contributed by atoms with Crippen LogP contribution in [0.15, 0.2) is 9.98 Å². The van der Waals surface area contributed by atoms with Crippen LogP contribution in [0, 0.1) is 5.92 Å². The molecule has 0 N–H and O–H groups in total. The summed E-state index contributed by atoms with van der Waals surface area (Å²) in [5.41, 5.74) is 0. The van der Waals surface area contributed by atoms with E-state index < -0.39 is 0 Å². The van der Waals surface area contributed by atoms with Crippen LogP contribution in [0.5, 0.6) is 0 Å². The number of rotatable bonds is 2. The summed E-state index contributed by atoms with van der Waals surface area (Å²) in [5, 5.41) is 0. The Labute approximate surface area is 76.8 Å². The van der Waals surface area contributed by atoms with Gasteiger partial charge in [0.25, 0.3) is 0 Å². The predicted octanol–water partition coefficient (Wildman–Crippen LogP) is 1.22. The lowest BCUT2D eigenvalue weighted by Crippen LogP contribution is -2.31. The van der Waals surface area contributed by atoms with E-state index in [0.717, 1.165) is 19.3 Å². The molecule has 13 heavy (non-hydrogen) atoms. The van der Waals surface area contributed by atoms with Gasteiger partial charge in [0.1, 0.15) is 0 Å². The molecule has 1 rings (SSSR count). The third-order valence-corrected chi connectivity index (χ3v) is 2.65. The summed E-state index contributed by atoms with van der Waals surface area (Å²) < 4.78 is 0. The van der Waals surface area contributed by atoms with E-state index in [1.54, 1.807) is 12.2 Å². The van der Waals surface area contributed by atoms with Gasteiger partial charge in [0.2, 0.25) is 12.2 Å². The Morgan fingerprint density at radius 1 is 1.08 bits per heavy atom. The lowest BCUT2D eigenvalue weighted by Gasteiger charge is -2.29. The van der Waals surface area contributed by atoms with Gasteiger partial charge in [-0.2, -0.15) is 0 Å². The summed E-state index contributed by atoms with van der Waals surface area (Å²) in [6.07, 6.45) is 5.87. The van der Waals surface area contributed by atoms with Crippen molar-refractivity contribution in [2.24, 2.45) is 15.9 Å². The van der Waals surface area contributed by atoms with Gasteiger partial charge in [-0.05, 0) is 19.3 Å². The third kappa shape index (κ3) is 2.35. The molecule has 1 aliphatic carbocycles. The molecule has 1 saturated carbocycles. The van der Waals surface area contributed by atoms with Crippen molar-refractivity contribution in [3.05, 3.63) is 0 Å². The number of hydrogen-bond donors (Lipinski definition) is 0. The average molecular weight is 180 g/mol. The quantitative estimate of drug-likeness (QED) is 0.473. The number of carbonyl (C=O) groups excluding carboxylic acids is 2. The third-order valence-electron chi connectivity index (χ3n) is 2.65. The normalized spacial score (nSPS) is 32.8. The second-order valence-electron chi connectivity index (χ2n) is 3.37.